The van der Waals surface area contributed by atoms with Gasteiger partial charge in [0.1, 0.15) is 5.03 Å². The van der Waals surface area contributed by atoms with Gasteiger partial charge in [-0.05, 0) is 50.4 Å². The first-order valence-electron chi connectivity index (χ1n) is 6.90. The quantitative estimate of drug-likeness (QED) is 0.778. The van der Waals surface area contributed by atoms with E-state index >= 15 is 0 Å². The highest BCUT2D eigenvalue weighted by atomic mass is 32.2. The van der Waals surface area contributed by atoms with E-state index in [1.54, 1.807) is 11.8 Å². The Bertz CT molecular complexity index is 787. The van der Waals surface area contributed by atoms with Crippen LogP contribution in [0.4, 0.5) is 0 Å². The lowest BCUT2D eigenvalue weighted by Gasteiger charge is -2.03. The number of imidazole rings is 1. The number of nitrogens with one attached hydrogen (secondary N) is 2. The summed E-state index contributed by atoms with van der Waals surface area (Å²) in [6.45, 7) is 4.93. The molecule has 6 heteroatoms. The molecule has 0 fully saturated rings. The van der Waals surface area contributed by atoms with Crippen molar-refractivity contribution in [2.24, 2.45) is 7.05 Å². The lowest BCUT2D eigenvalue weighted by molar-refractivity contribution is 0.683. The Morgan fingerprint density at radius 1 is 1.33 bits per heavy atom. The van der Waals surface area contributed by atoms with E-state index in [9.17, 15) is 0 Å². The number of fused-ring (bicyclic) bond motifs is 1. The minimum absolute atomic E-state index is 0.807. The topological polar surface area (TPSA) is 58.5 Å². The average Bonchev–Trinajstić information content (AvgIpc) is 2.94. The highest BCUT2D eigenvalue weighted by Crippen LogP contribution is 2.31. The van der Waals surface area contributed by atoms with Crippen molar-refractivity contribution in [3.8, 4) is 0 Å². The number of hydrogen-bond donors (Lipinski definition) is 2. The van der Waals surface area contributed by atoms with Crippen LogP contribution in [0.5, 0.6) is 0 Å². The number of benzene rings is 1. The summed E-state index contributed by atoms with van der Waals surface area (Å²) in [4.78, 5) is 8.03. The second-order valence-electron chi connectivity index (χ2n) is 5.19. The molecule has 0 aliphatic heterocycles. The summed E-state index contributed by atoms with van der Waals surface area (Å²) < 4.78 is 1.92. The molecule has 0 unspecified atom stereocenters. The van der Waals surface area contributed by atoms with Gasteiger partial charge < -0.3 is 10.3 Å². The van der Waals surface area contributed by atoms with E-state index in [1.807, 2.05) is 31.8 Å². The van der Waals surface area contributed by atoms with Crippen molar-refractivity contribution < 1.29 is 0 Å². The molecule has 1 aromatic carbocycles. The molecule has 110 valence electrons. The summed E-state index contributed by atoms with van der Waals surface area (Å²) in [5, 5.41) is 9.73. The van der Waals surface area contributed by atoms with Gasteiger partial charge in [-0.1, -0.05) is 6.07 Å². The fraction of sp³-hybridized carbons (Fsp3) is 0.333. The lowest BCUT2D eigenvalue weighted by atomic mass is 10.2. The van der Waals surface area contributed by atoms with Crippen molar-refractivity contribution in [1.82, 2.24) is 25.1 Å². The van der Waals surface area contributed by atoms with Gasteiger partial charge in [-0.3, -0.25) is 4.68 Å². The summed E-state index contributed by atoms with van der Waals surface area (Å²) in [6.07, 6.45) is 0. The van der Waals surface area contributed by atoms with Gasteiger partial charge in [0.15, 0.2) is 5.16 Å². The zero-order valence-corrected chi connectivity index (χ0v) is 13.5. The summed E-state index contributed by atoms with van der Waals surface area (Å²) >= 11 is 1.63. The molecule has 0 amide bonds. The maximum Gasteiger partial charge on any atom is 0.172 e. The van der Waals surface area contributed by atoms with Gasteiger partial charge in [0.25, 0.3) is 0 Å². The molecule has 0 spiro atoms. The van der Waals surface area contributed by atoms with Crippen LogP contribution in [-0.2, 0) is 13.6 Å². The zero-order chi connectivity index (χ0) is 15.0. The Hall–Kier alpha value is -1.79. The monoisotopic (exact) mass is 301 g/mol. The van der Waals surface area contributed by atoms with Crippen LogP contribution in [0.15, 0.2) is 28.4 Å². The van der Waals surface area contributed by atoms with E-state index in [1.165, 1.54) is 11.1 Å². The van der Waals surface area contributed by atoms with Crippen LogP contribution in [-0.4, -0.2) is 26.8 Å². The second-order valence-corrected chi connectivity index (χ2v) is 6.17. The molecule has 2 aromatic heterocycles. The van der Waals surface area contributed by atoms with Crippen molar-refractivity contribution in [2.75, 3.05) is 7.05 Å². The molecule has 3 aromatic rings. The first-order chi connectivity index (χ1) is 10.1. The molecule has 0 atom stereocenters. The van der Waals surface area contributed by atoms with Gasteiger partial charge in [-0.15, -0.1) is 0 Å². The Morgan fingerprint density at radius 2 is 2.14 bits per heavy atom. The van der Waals surface area contributed by atoms with Crippen molar-refractivity contribution >= 4 is 22.8 Å². The number of rotatable bonds is 4. The minimum atomic E-state index is 0.807. The molecule has 2 heterocycles. The largest absolute Gasteiger partial charge is 0.333 e. The van der Waals surface area contributed by atoms with Crippen molar-refractivity contribution in [2.45, 2.75) is 30.6 Å². The normalized spacial score (nSPS) is 11.4. The van der Waals surface area contributed by atoms with Crippen molar-refractivity contribution in [3.63, 3.8) is 0 Å². The Balaban J connectivity index is 1.98. The fourth-order valence-corrected chi connectivity index (χ4v) is 3.43. The van der Waals surface area contributed by atoms with Gasteiger partial charge in [0.05, 0.1) is 16.7 Å². The first-order valence-corrected chi connectivity index (χ1v) is 7.71. The molecule has 0 aliphatic carbocycles. The smallest absolute Gasteiger partial charge is 0.172 e. The lowest BCUT2D eigenvalue weighted by Crippen LogP contribution is -2.06. The fourth-order valence-electron chi connectivity index (χ4n) is 2.43. The van der Waals surface area contributed by atoms with Crippen LogP contribution in [0.2, 0.25) is 0 Å². The molecule has 3 rings (SSSR count). The SMILES string of the molecule is CNCc1c(C)nn(C)c1Sc1nc2ccc(C)cc2[nH]1. The van der Waals surface area contributed by atoms with Gasteiger partial charge in [-0.25, -0.2) is 4.98 Å². The number of aromatic amines is 1. The molecule has 0 saturated carbocycles. The van der Waals surface area contributed by atoms with Gasteiger partial charge in [0.2, 0.25) is 0 Å². The summed E-state index contributed by atoms with van der Waals surface area (Å²) in [6, 6.07) is 6.25. The molecule has 0 bridgehead atoms. The van der Waals surface area contributed by atoms with E-state index in [4.69, 9.17) is 0 Å². The van der Waals surface area contributed by atoms with E-state index < -0.39 is 0 Å². The van der Waals surface area contributed by atoms with Crippen LogP contribution in [0.1, 0.15) is 16.8 Å². The third-order valence-corrected chi connectivity index (χ3v) is 4.54. The van der Waals surface area contributed by atoms with E-state index in [-0.39, 0.29) is 0 Å². The highest BCUT2D eigenvalue weighted by molar-refractivity contribution is 7.99. The predicted molar refractivity (Wildman–Crippen MR) is 85.7 cm³/mol. The third-order valence-electron chi connectivity index (χ3n) is 3.45. The molecular formula is C15H19N5S. The zero-order valence-electron chi connectivity index (χ0n) is 12.7. The second kappa shape index (κ2) is 5.54. The number of aryl methyl sites for hydroxylation is 3. The first kappa shape index (κ1) is 14.2. The van der Waals surface area contributed by atoms with Gasteiger partial charge >= 0.3 is 0 Å². The minimum Gasteiger partial charge on any atom is -0.333 e. The Labute approximate surface area is 128 Å². The average molecular weight is 301 g/mol. The molecule has 5 nitrogen and oxygen atoms in total. The number of nitrogens with zero attached hydrogens (tertiary/aromatic N) is 3. The number of hydrogen-bond acceptors (Lipinski definition) is 4. The van der Waals surface area contributed by atoms with Crippen LogP contribution in [0.25, 0.3) is 11.0 Å². The Kier molecular flexibility index (Phi) is 3.73. The predicted octanol–water partition coefficient (Wildman–Crippen LogP) is 2.78. The summed E-state index contributed by atoms with van der Waals surface area (Å²) in [7, 11) is 3.92. The van der Waals surface area contributed by atoms with Gasteiger partial charge in [-0.2, -0.15) is 5.10 Å². The standard InChI is InChI=1S/C15H19N5S/c1-9-5-6-12-13(7-9)18-15(17-12)21-14-11(8-16-3)10(2)19-20(14)4/h5-7,16H,8H2,1-4H3,(H,17,18). The number of aromatic nitrogens is 4. The Morgan fingerprint density at radius 3 is 2.90 bits per heavy atom. The number of H-pyrrole nitrogens is 1. The summed E-state index contributed by atoms with van der Waals surface area (Å²) in [5.74, 6) is 0. The molecule has 21 heavy (non-hydrogen) atoms. The van der Waals surface area contributed by atoms with Crippen LogP contribution < -0.4 is 5.32 Å². The summed E-state index contributed by atoms with van der Waals surface area (Å²) in [5.41, 5.74) is 5.58. The molecular weight excluding hydrogens is 282 g/mol. The van der Waals surface area contributed by atoms with Crippen LogP contribution in [0.3, 0.4) is 0 Å². The molecule has 0 radical (unpaired) electrons. The van der Waals surface area contributed by atoms with E-state index in [2.05, 4.69) is 39.4 Å². The third kappa shape index (κ3) is 2.69. The van der Waals surface area contributed by atoms with Crippen molar-refractivity contribution in [1.29, 1.82) is 0 Å². The molecule has 0 saturated heterocycles. The molecule has 2 N–H and O–H groups in total. The van der Waals surface area contributed by atoms with E-state index in [0.717, 1.165) is 33.5 Å². The van der Waals surface area contributed by atoms with Crippen LogP contribution in [0, 0.1) is 13.8 Å². The van der Waals surface area contributed by atoms with Crippen LogP contribution >= 0.6 is 11.8 Å². The van der Waals surface area contributed by atoms with Gasteiger partial charge in [0, 0.05) is 19.2 Å². The van der Waals surface area contributed by atoms with Crippen molar-refractivity contribution in [3.05, 3.63) is 35.0 Å². The maximum absolute atomic E-state index is 4.65. The highest BCUT2D eigenvalue weighted by Gasteiger charge is 2.15. The van der Waals surface area contributed by atoms with E-state index in [0.29, 0.717) is 0 Å². The molecule has 0 aliphatic rings. The maximum atomic E-state index is 4.65.